The van der Waals surface area contributed by atoms with Gasteiger partial charge in [-0.1, -0.05) is 6.92 Å². The molecule has 110 valence electrons. The van der Waals surface area contributed by atoms with Crippen LogP contribution in [0.1, 0.15) is 31.3 Å². The fourth-order valence-electron chi connectivity index (χ4n) is 2.25. The second kappa shape index (κ2) is 7.19. The Labute approximate surface area is 120 Å². The van der Waals surface area contributed by atoms with Crippen molar-refractivity contribution in [1.29, 1.82) is 0 Å². The number of aryl methyl sites for hydroxylation is 1. The highest BCUT2D eigenvalue weighted by Gasteiger charge is 2.16. The molecule has 2 heterocycles. The van der Waals surface area contributed by atoms with Gasteiger partial charge >= 0.3 is 0 Å². The van der Waals surface area contributed by atoms with E-state index in [0.717, 1.165) is 49.8 Å². The summed E-state index contributed by atoms with van der Waals surface area (Å²) in [5, 5.41) is 6.16. The second-order valence-corrected chi connectivity index (χ2v) is 5.15. The summed E-state index contributed by atoms with van der Waals surface area (Å²) in [5.74, 6) is 1.73. The number of aromatic nitrogens is 2. The Morgan fingerprint density at radius 3 is 3.10 bits per heavy atom. The fraction of sp³-hybridized carbons (Fsp3) is 0.643. The number of amides is 1. The summed E-state index contributed by atoms with van der Waals surface area (Å²) >= 11 is 0. The van der Waals surface area contributed by atoms with Gasteiger partial charge in [0.25, 0.3) is 0 Å². The van der Waals surface area contributed by atoms with Crippen molar-refractivity contribution in [3.05, 3.63) is 17.6 Å². The van der Waals surface area contributed by atoms with Crippen LogP contribution < -0.4 is 10.6 Å². The van der Waals surface area contributed by atoms with Crippen molar-refractivity contribution >= 4 is 11.7 Å². The van der Waals surface area contributed by atoms with Crippen molar-refractivity contribution in [2.75, 3.05) is 31.5 Å². The van der Waals surface area contributed by atoms with E-state index in [1.54, 1.807) is 0 Å². The lowest BCUT2D eigenvalue weighted by molar-refractivity contribution is -0.121. The van der Waals surface area contributed by atoms with E-state index < -0.39 is 0 Å². The van der Waals surface area contributed by atoms with Crippen molar-refractivity contribution < 1.29 is 4.79 Å². The Hall–Kier alpha value is -1.69. The molecule has 0 spiro atoms. The van der Waals surface area contributed by atoms with Gasteiger partial charge in [0.05, 0.1) is 13.1 Å². The zero-order valence-electron chi connectivity index (χ0n) is 12.3. The van der Waals surface area contributed by atoms with E-state index in [-0.39, 0.29) is 5.91 Å². The Bertz CT molecular complexity index is 463. The number of carbonyl (C=O) groups is 1. The largest absolute Gasteiger partial charge is 0.370 e. The molecule has 6 heteroatoms. The maximum absolute atomic E-state index is 11.6. The van der Waals surface area contributed by atoms with Crippen molar-refractivity contribution in [3.8, 4) is 0 Å². The minimum atomic E-state index is 0.0829. The molecule has 6 nitrogen and oxygen atoms in total. The molecule has 2 N–H and O–H groups in total. The van der Waals surface area contributed by atoms with Crippen molar-refractivity contribution in [2.24, 2.45) is 0 Å². The van der Waals surface area contributed by atoms with Crippen LogP contribution in [0.15, 0.2) is 6.07 Å². The quantitative estimate of drug-likeness (QED) is 0.838. The number of nitrogens with zero attached hydrogens (tertiary/aromatic N) is 3. The number of carbonyl (C=O) groups excluding carboxylic acids is 1. The van der Waals surface area contributed by atoms with Gasteiger partial charge in [-0.15, -0.1) is 0 Å². The molecular weight excluding hydrogens is 254 g/mol. The Balaban J connectivity index is 2.03. The molecule has 0 bridgehead atoms. The van der Waals surface area contributed by atoms with Gasteiger partial charge in [0, 0.05) is 31.4 Å². The second-order valence-electron chi connectivity index (χ2n) is 5.15. The summed E-state index contributed by atoms with van der Waals surface area (Å²) in [6.07, 6.45) is 2.03. The van der Waals surface area contributed by atoms with E-state index in [9.17, 15) is 4.79 Å². The highest BCUT2D eigenvalue weighted by molar-refractivity contribution is 5.78. The van der Waals surface area contributed by atoms with Gasteiger partial charge in [-0.05, 0) is 19.8 Å². The molecule has 1 aromatic heterocycles. The Kier molecular flexibility index (Phi) is 5.29. The first-order valence-electron chi connectivity index (χ1n) is 7.25. The highest BCUT2D eigenvalue weighted by atomic mass is 16.2. The number of hydrogen-bond acceptors (Lipinski definition) is 5. The molecule has 20 heavy (non-hydrogen) atoms. The standard InChI is InChI=1S/C14H23N5O/c1-3-5-15-12-8-11(2)17-13(18-12)9-19-7-4-6-16-14(20)10-19/h8H,3-7,9-10H2,1-2H3,(H,16,20)(H,15,17,18). The van der Waals surface area contributed by atoms with Crippen LogP contribution in [0.5, 0.6) is 0 Å². The van der Waals surface area contributed by atoms with E-state index in [1.165, 1.54) is 0 Å². The predicted octanol–water partition coefficient (Wildman–Crippen LogP) is 0.929. The lowest BCUT2D eigenvalue weighted by Crippen LogP contribution is -2.33. The lowest BCUT2D eigenvalue weighted by atomic mass is 10.3. The van der Waals surface area contributed by atoms with Gasteiger partial charge in [0.1, 0.15) is 11.6 Å². The molecular formula is C14H23N5O. The fourth-order valence-corrected chi connectivity index (χ4v) is 2.25. The maximum atomic E-state index is 11.6. The van der Waals surface area contributed by atoms with Gasteiger partial charge in [-0.2, -0.15) is 0 Å². The van der Waals surface area contributed by atoms with E-state index in [2.05, 4.69) is 32.4 Å². The smallest absolute Gasteiger partial charge is 0.234 e. The van der Waals surface area contributed by atoms with Crippen LogP contribution in [0.3, 0.4) is 0 Å². The summed E-state index contributed by atoms with van der Waals surface area (Å²) < 4.78 is 0. The van der Waals surface area contributed by atoms with Gasteiger partial charge in [0.2, 0.25) is 5.91 Å². The molecule has 0 saturated carbocycles. The molecule has 0 unspecified atom stereocenters. The molecule has 1 aromatic rings. The van der Waals surface area contributed by atoms with E-state index in [4.69, 9.17) is 0 Å². The highest BCUT2D eigenvalue weighted by Crippen LogP contribution is 2.09. The summed E-state index contributed by atoms with van der Waals surface area (Å²) in [6, 6.07) is 1.95. The number of anilines is 1. The summed E-state index contributed by atoms with van der Waals surface area (Å²) in [5.41, 5.74) is 0.952. The van der Waals surface area contributed by atoms with Gasteiger partial charge in [0.15, 0.2) is 0 Å². The number of rotatable bonds is 5. The summed E-state index contributed by atoms with van der Waals surface area (Å²) in [7, 11) is 0. The van der Waals surface area contributed by atoms with Crippen LogP contribution in [-0.4, -0.2) is 47.0 Å². The maximum Gasteiger partial charge on any atom is 0.234 e. The Morgan fingerprint density at radius 2 is 2.30 bits per heavy atom. The van der Waals surface area contributed by atoms with Gasteiger partial charge in [-0.25, -0.2) is 9.97 Å². The van der Waals surface area contributed by atoms with Crippen LogP contribution in [-0.2, 0) is 11.3 Å². The molecule has 1 aliphatic rings. The third-order valence-electron chi connectivity index (χ3n) is 3.16. The monoisotopic (exact) mass is 277 g/mol. The lowest BCUT2D eigenvalue weighted by Gasteiger charge is -2.18. The molecule has 0 atom stereocenters. The zero-order valence-corrected chi connectivity index (χ0v) is 12.3. The molecule has 1 saturated heterocycles. The molecule has 0 aliphatic carbocycles. The molecule has 1 fully saturated rings. The minimum Gasteiger partial charge on any atom is -0.370 e. The van der Waals surface area contributed by atoms with E-state index >= 15 is 0 Å². The third-order valence-corrected chi connectivity index (χ3v) is 3.16. The number of hydrogen-bond donors (Lipinski definition) is 2. The third kappa shape index (κ3) is 4.45. The predicted molar refractivity (Wildman–Crippen MR) is 78.5 cm³/mol. The van der Waals surface area contributed by atoms with Crippen molar-refractivity contribution in [1.82, 2.24) is 20.2 Å². The molecule has 1 amide bonds. The average molecular weight is 277 g/mol. The minimum absolute atomic E-state index is 0.0829. The van der Waals surface area contributed by atoms with Crippen LogP contribution in [0.4, 0.5) is 5.82 Å². The molecule has 1 aliphatic heterocycles. The van der Waals surface area contributed by atoms with Crippen LogP contribution in [0.2, 0.25) is 0 Å². The average Bonchev–Trinajstić information content (AvgIpc) is 2.60. The topological polar surface area (TPSA) is 70.2 Å². The first kappa shape index (κ1) is 14.7. The zero-order chi connectivity index (χ0) is 14.4. The first-order valence-corrected chi connectivity index (χ1v) is 7.25. The van der Waals surface area contributed by atoms with Gasteiger partial charge in [-0.3, -0.25) is 9.69 Å². The van der Waals surface area contributed by atoms with Crippen LogP contribution >= 0.6 is 0 Å². The SMILES string of the molecule is CCCNc1cc(C)nc(CN2CCCNC(=O)C2)n1. The molecule has 0 aromatic carbocycles. The van der Waals surface area contributed by atoms with Gasteiger partial charge < -0.3 is 10.6 Å². The molecule has 0 radical (unpaired) electrons. The van der Waals surface area contributed by atoms with Crippen molar-refractivity contribution in [2.45, 2.75) is 33.2 Å². The van der Waals surface area contributed by atoms with Crippen LogP contribution in [0, 0.1) is 6.92 Å². The van der Waals surface area contributed by atoms with Crippen LogP contribution in [0.25, 0.3) is 0 Å². The first-order chi connectivity index (χ1) is 9.67. The Morgan fingerprint density at radius 1 is 1.45 bits per heavy atom. The van der Waals surface area contributed by atoms with E-state index in [0.29, 0.717) is 13.1 Å². The van der Waals surface area contributed by atoms with E-state index in [1.807, 2.05) is 13.0 Å². The summed E-state index contributed by atoms with van der Waals surface area (Å²) in [6.45, 7) is 7.70. The normalized spacial score (nSPS) is 16.6. The summed E-state index contributed by atoms with van der Waals surface area (Å²) in [4.78, 5) is 22.6. The number of nitrogens with one attached hydrogen (secondary N) is 2. The van der Waals surface area contributed by atoms with Crippen molar-refractivity contribution in [3.63, 3.8) is 0 Å². The molecule has 2 rings (SSSR count).